The van der Waals surface area contributed by atoms with Gasteiger partial charge < -0.3 is 0 Å². The van der Waals surface area contributed by atoms with E-state index in [0.29, 0.717) is 11.1 Å². The molecule has 0 aromatic rings. The van der Waals surface area contributed by atoms with Crippen LogP contribution in [0.1, 0.15) is 11.1 Å². The Morgan fingerprint density at radius 1 is 1.21 bits per heavy atom. The molecule has 0 aromatic heterocycles. The molecule has 2 aliphatic rings. The van der Waals surface area contributed by atoms with Crippen molar-refractivity contribution in [3.8, 4) is 11.1 Å². The van der Waals surface area contributed by atoms with E-state index in [0.717, 1.165) is 6.07 Å². The van der Waals surface area contributed by atoms with E-state index in [9.17, 15) is 13.2 Å². The highest BCUT2D eigenvalue weighted by Crippen LogP contribution is 2.42. The van der Waals surface area contributed by atoms with E-state index in [4.69, 9.17) is 0 Å². The molecule has 0 nitrogen and oxygen atoms in total. The summed E-state index contributed by atoms with van der Waals surface area (Å²) in [6.45, 7) is 3.59. The van der Waals surface area contributed by atoms with Gasteiger partial charge in [-0.2, -0.15) is 24.5 Å². The summed E-state index contributed by atoms with van der Waals surface area (Å²) in [6, 6.07) is 2.76. The zero-order valence-corrected chi connectivity index (χ0v) is 7.88. The van der Waals surface area contributed by atoms with Crippen LogP contribution in [-0.2, 0) is 6.18 Å². The van der Waals surface area contributed by atoms with Gasteiger partial charge in [0.25, 0.3) is 0 Å². The Bertz CT molecular complexity index is 428. The molecule has 73 valence electrons. The lowest BCUT2D eigenvalue weighted by Gasteiger charge is -2.06. The summed E-state index contributed by atoms with van der Waals surface area (Å²) in [5.41, 5.74) is 0.667. The Kier molecular flexibility index (Phi) is 2.03. The van der Waals surface area contributed by atoms with Crippen molar-refractivity contribution in [2.75, 3.05) is 0 Å². The normalized spacial score (nSPS) is 12.3. The zero-order valence-electron chi connectivity index (χ0n) is 7.06. The van der Waals surface area contributed by atoms with Gasteiger partial charge in [-0.15, -0.1) is 0 Å². The van der Waals surface area contributed by atoms with E-state index in [-0.39, 0.29) is 5.56 Å². The van der Waals surface area contributed by atoms with Gasteiger partial charge in [-0.3, -0.25) is 0 Å². The fourth-order valence-electron chi connectivity index (χ4n) is 1.42. The van der Waals surface area contributed by atoms with Gasteiger partial charge in [-0.05, 0) is 40.9 Å². The predicted octanol–water partition coefficient (Wildman–Crippen LogP) is 4.05. The molecule has 0 saturated heterocycles. The highest BCUT2D eigenvalue weighted by atomic mass is 32.1. The Morgan fingerprint density at radius 2 is 1.93 bits per heavy atom. The molecule has 4 heteroatoms. The molecule has 14 heavy (non-hydrogen) atoms. The van der Waals surface area contributed by atoms with Gasteiger partial charge in [0.2, 0.25) is 0 Å². The Hall–Kier alpha value is -1.03. The number of rotatable bonds is 0. The molecule has 1 aliphatic carbocycles. The summed E-state index contributed by atoms with van der Waals surface area (Å²) in [5.74, 6) is 0. The fraction of sp³-hybridized carbons (Fsp3) is 0.100. The number of hydrogen-bond acceptors (Lipinski definition) is 1. The minimum atomic E-state index is -4.29. The van der Waals surface area contributed by atoms with Gasteiger partial charge in [-0.1, -0.05) is 0 Å². The van der Waals surface area contributed by atoms with Crippen LogP contribution in [0, 0.1) is 6.92 Å². The summed E-state index contributed by atoms with van der Waals surface area (Å²) in [7, 11) is 0. The van der Waals surface area contributed by atoms with Crippen LogP contribution in [0.4, 0.5) is 13.2 Å². The van der Waals surface area contributed by atoms with Crippen molar-refractivity contribution in [1.82, 2.24) is 0 Å². The SMILES string of the molecule is [CH2]c1cc(C(F)(F)F)c2csccc1-2. The first-order valence-corrected chi connectivity index (χ1v) is 4.82. The Morgan fingerprint density at radius 3 is 2.57 bits per heavy atom. The number of fused-ring (bicyclic) bond motifs is 1. The molecule has 1 heterocycles. The zero-order chi connectivity index (χ0) is 10.3. The molecule has 0 unspecified atom stereocenters. The van der Waals surface area contributed by atoms with Gasteiger partial charge >= 0.3 is 6.18 Å². The van der Waals surface area contributed by atoms with E-state index in [2.05, 4.69) is 6.92 Å². The maximum absolute atomic E-state index is 12.5. The van der Waals surface area contributed by atoms with Crippen LogP contribution in [0.25, 0.3) is 11.1 Å². The summed E-state index contributed by atoms with van der Waals surface area (Å²) >= 11 is 1.25. The molecule has 0 saturated carbocycles. The summed E-state index contributed by atoms with van der Waals surface area (Å²) in [4.78, 5) is 0. The second-order valence-corrected chi connectivity index (χ2v) is 3.75. The minimum Gasteiger partial charge on any atom is -0.166 e. The summed E-state index contributed by atoms with van der Waals surface area (Å²) in [5, 5.41) is 3.25. The standard InChI is InChI=1S/C10H6F3S/c1-6-4-9(10(11,12)13)8-5-14-3-2-7(6)8/h2-5H,1H2. The Labute approximate surface area is 83.3 Å². The van der Waals surface area contributed by atoms with E-state index in [1.165, 1.54) is 16.7 Å². The van der Waals surface area contributed by atoms with Gasteiger partial charge in [-0.25, -0.2) is 0 Å². The molecular weight excluding hydrogens is 209 g/mol. The van der Waals surface area contributed by atoms with Crippen molar-refractivity contribution < 1.29 is 13.2 Å². The molecule has 0 aromatic carbocycles. The van der Waals surface area contributed by atoms with Crippen molar-refractivity contribution >= 4 is 11.3 Å². The van der Waals surface area contributed by atoms with Crippen molar-refractivity contribution in [3.63, 3.8) is 0 Å². The third-order valence-corrected chi connectivity index (χ3v) is 2.71. The van der Waals surface area contributed by atoms with Gasteiger partial charge in [0.05, 0.1) is 5.56 Å². The van der Waals surface area contributed by atoms with Crippen LogP contribution in [0.3, 0.4) is 0 Å². The lowest BCUT2D eigenvalue weighted by molar-refractivity contribution is -0.136. The second kappa shape index (κ2) is 2.98. The lowest BCUT2D eigenvalue weighted by atomic mass is 10.1. The van der Waals surface area contributed by atoms with Crippen LogP contribution in [0.15, 0.2) is 22.9 Å². The third-order valence-electron chi connectivity index (χ3n) is 2.05. The van der Waals surface area contributed by atoms with Crippen LogP contribution in [-0.4, -0.2) is 0 Å². The molecular formula is C10H6F3S. The highest BCUT2D eigenvalue weighted by Gasteiger charge is 2.35. The molecule has 0 spiro atoms. The topological polar surface area (TPSA) is 0 Å². The average Bonchev–Trinajstić information content (AvgIpc) is 2.44. The molecule has 0 atom stereocenters. The molecule has 0 amide bonds. The van der Waals surface area contributed by atoms with Crippen LogP contribution in [0.5, 0.6) is 0 Å². The van der Waals surface area contributed by atoms with E-state index in [1.807, 2.05) is 0 Å². The number of halogens is 3. The smallest absolute Gasteiger partial charge is 0.166 e. The largest absolute Gasteiger partial charge is 0.417 e. The minimum absolute atomic E-state index is 0.245. The van der Waals surface area contributed by atoms with E-state index in [1.54, 1.807) is 11.4 Å². The summed E-state index contributed by atoms with van der Waals surface area (Å²) in [6.07, 6.45) is -4.29. The van der Waals surface area contributed by atoms with Crippen LogP contribution in [0.2, 0.25) is 0 Å². The first-order chi connectivity index (χ1) is 6.50. The van der Waals surface area contributed by atoms with E-state index < -0.39 is 11.7 Å². The molecule has 1 aliphatic heterocycles. The van der Waals surface area contributed by atoms with Gasteiger partial charge in [0, 0.05) is 5.56 Å². The monoisotopic (exact) mass is 215 g/mol. The molecule has 2 rings (SSSR count). The number of alkyl halides is 3. The van der Waals surface area contributed by atoms with Crippen molar-refractivity contribution in [3.05, 3.63) is 40.9 Å². The fourth-order valence-corrected chi connectivity index (χ4v) is 2.10. The molecule has 0 fully saturated rings. The highest BCUT2D eigenvalue weighted by molar-refractivity contribution is 7.08. The predicted molar refractivity (Wildman–Crippen MR) is 50.4 cm³/mol. The maximum Gasteiger partial charge on any atom is 0.417 e. The third kappa shape index (κ3) is 1.39. The number of hydrogen-bond donors (Lipinski definition) is 0. The van der Waals surface area contributed by atoms with E-state index >= 15 is 0 Å². The Balaban J connectivity index is 2.70. The quantitative estimate of drug-likeness (QED) is 0.621. The van der Waals surface area contributed by atoms with Crippen molar-refractivity contribution in [2.24, 2.45) is 0 Å². The molecule has 0 bridgehead atoms. The summed E-state index contributed by atoms with van der Waals surface area (Å²) < 4.78 is 37.5. The molecule has 0 N–H and O–H groups in total. The van der Waals surface area contributed by atoms with Gasteiger partial charge in [0.1, 0.15) is 0 Å². The molecule has 1 radical (unpaired) electrons. The van der Waals surface area contributed by atoms with Crippen molar-refractivity contribution in [2.45, 2.75) is 6.18 Å². The first-order valence-electron chi connectivity index (χ1n) is 3.88. The van der Waals surface area contributed by atoms with Crippen LogP contribution < -0.4 is 0 Å². The van der Waals surface area contributed by atoms with Crippen molar-refractivity contribution in [1.29, 1.82) is 0 Å². The second-order valence-electron chi connectivity index (χ2n) is 2.97. The van der Waals surface area contributed by atoms with Gasteiger partial charge in [0.15, 0.2) is 0 Å². The lowest BCUT2D eigenvalue weighted by Crippen LogP contribution is -2.03. The van der Waals surface area contributed by atoms with Crippen LogP contribution >= 0.6 is 11.3 Å². The maximum atomic E-state index is 12.5. The average molecular weight is 215 g/mol. The first kappa shape index (κ1) is 9.52.